The van der Waals surface area contributed by atoms with Gasteiger partial charge in [-0.2, -0.15) is 0 Å². The molecule has 0 aliphatic heterocycles. The highest BCUT2D eigenvalue weighted by Crippen LogP contribution is 2.34. The van der Waals surface area contributed by atoms with Crippen molar-refractivity contribution >= 4 is 17.6 Å². The number of pyridine rings is 1. The number of carbonyl (C=O) groups is 1. The van der Waals surface area contributed by atoms with Gasteiger partial charge < -0.3 is 9.84 Å². The highest BCUT2D eigenvalue weighted by molar-refractivity contribution is 6.32. The second kappa shape index (κ2) is 10.6. The summed E-state index contributed by atoms with van der Waals surface area (Å²) in [5, 5.41) is 12.0. The molecule has 0 spiro atoms. The number of imidazole rings is 1. The fraction of sp³-hybridized carbons (Fsp3) is 0.375. The molecule has 2 heterocycles. The molecule has 0 aliphatic rings. The van der Waals surface area contributed by atoms with Crippen LogP contribution in [-0.2, 0) is 22.4 Å². The predicted molar refractivity (Wildman–Crippen MR) is 120 cm³/mol. The minimum atomic E-state index is -1.13. The molecule has 0 fully saturated rings. The van der Waals surface area contributed by atoms with Gasteiger partial charge in [0.2, 0.25) is 0 Å². The molecule has 6 nitrogen and oxygen atoms in total. The number of ether oxygens (including phenoxy) is 1. The standard InChI is InChI=1S/C24H28ClN3O3/c1-4-5-10-21-27-16(2)22(28(21)20-9-7-6-8-19(20)25)23(29)18(24(30)31-3)15-17-11-13-26-14-12-17/h6-9,11-14,18,23,29H,4-5,10,15H2,1-3H3. The first-order valence-electron chi connectivity index (χ1n) is 10.5. The quantitative estimate of drug-likeness (QED) is 0.489. The molecule has 0 saturated heterocycles. The molecular weight excluding hydrogens is 414 g/mol. The number of rotatable bonds is 9. The number of hydrogen-bond acceptors (Lipinski definition) is 5. The van der Waals surface area contributed by atoms with Crippen LogP contribution in [0, 0.1) is 12.8 Å². The van der Waals surface area contributed by atoms with E-state index in [1.165, 1.54) is 7.11 Å². The van der Waals surface area contributed by atoms with Gasteiger partial charge in [-0.1, -0.05) is 37.1 Å². The van der Waals surface area contributed by atoms with Gasteiger partial charge in [-0.3, -0.25) is 14.3 Å². The number of methoxy groups -OCH3 is 1. The van der Waals surface area contributed by atoms with Crippen molar-refractivity contribution in [3.8, 4) is 5.69 Å². The zero-order valence-corrected chi connectivity index (χ0v) is 18.8. The fourth-order valence-corrected chi connectivity index (χ4v) is 4.01. The molecular formula is C24H28ClN3O3. The van der Waals surface area contributed by atoms with E-state index in [1.54, 1.807) is 18.5 Å². The molecule has 3 aromatic rings. The lowest BCUT2D eigenvalue weighted by molar-refractivity contribution is -0.149. The number of aliphatic hydroxyl groups is 1. The normalized spacial score (nSPS) is 13.1. The number of para-hydroxylation sites is 1. The highest BCUT2D eigenvalue weighted by Gasteiger charge is 2.34. The van der Waals surface area contributed by atoms with Crippen molar-refractivity contribution in [2.45, 2.75) is 45.6 Å². The molecule has 0 amide bonds. The monoisotopic (exact) mass is 441 g/mol. The zero-order valence-electron chi connectivity index (χ0n) is 18.1. The Morgan fingerprint density at radius 1 is 1.23 bits per heavy atom. The van der Waals surface area contributed by atoms with E-state index in [4.69, 9.17) is 21.3 Å². The van der Waals surface area contributed by atoms with Gasteiger partial charge in [0.1, 0.15) is 11.9 Å². The number of halogens is 1. The molecule has 3 rings (SSSR count). The molecule has 0 radical (unpaired) electrons. The maximum absolute atomic E-state index is 12.7. The van der Waals surface area contributed by atoms with Gasteiger partial charge in [-0.25, -0.2) is 4.98 Å². The molecule has 0 bridgehead atoms. The summed E-state index contributed by atoms with van der Waals surface area (Å²) in [4.78, 5) is 21.4. The number of hydrogen-bond donors (Lipinski definition) is 1. The molecule has 2 unspecified atom stereocenters. The van der Waals surface area contributed by atoms with Gasteiger partial charge in [0.15, 0.2) is 0 Å². The lowest BCUT2D eigenvalue weighted by Crippen LogP contribution is -2.28. The van der Waals surface area contributed by atoms with E-state index in [-0.39, 0.29) is 0 Å². The Balaban J connectivity index is 2.11. The van der Waals surface area contributed by atoms with Crippen LogP contribution in [0.2, 0.25) is 5.02 Å². The minimum Gasteiger partial charge on any atom is -0.469 e. The molecule has 1 N–H and O–H groups in total. The molecule has 7 heteroatoms. The van der Waals surface area contributed by atoms with E-state index in [1.807, 2.05) is 41.8 Å². The number of aryl methyl sites for hydroxylation is 2. The van der Waals surface area contributed by atoms with Gasteiger partial charge in [-0.15, -0.1) is 0 Å². The largest absolute Gasteiger partial charge is 0.469 e. The summed E-state index contributed by atoms with van der Waals surface area (Å²) >= 11 is 6.52. The molecule has 2 atom stereocenters. The van der Waals surface area contributed by atoms with Crippen LogP contribution in [0.25, 0.3) is 5.69 Å². The van der Waals surface area contributed by atoms with Crippen LogP contribution in [-0.4, -0.2) is 32.7 Å². The van der Waals surface area contributed by atoms with Crippen molar-refractivity contribution in [3.63, 3.8) is 0 Å². The second-order valence-electron chi connectivity index (χ2n) is 7.52. The van der Waals surface area contributed by atoms with Crippen LogP contribution in [0.3, 0.4) is 0 Å². The van der Waals surface area contributed by atoms with Crippen molar-refractivity contribution < 1.29 is 14.6 Å². The van der Waals surface area contributed by atoms with Crippen molar-refractivity contribution in [2.24, 2.45) is 5.92 Å². The summed E-state index contributed by atoms with van der Waals surface area (Å²) in [6.07, 6.45) is 5.22. The first kappa shape index (κ1) is 23.0. The topological polar surface area (TPSA) is 77.2 Å². The third kappa shape index (κ3) is 5.14. The van der Waals surface area contributed by atoms with Gasteiger partial charge in [0, 0.05) is 18.8 Å². The highest BCUT2D eigenvalue weighted by atomic mass is 35.5. The van der Waals surface area contributed by atoms with Crippen molar-refractivity contribution in [3.05, 3.63) is 76.6 Å². The summed E-state index contributed by atoms with van der Waals surface area (Å²) in [5.41, 5.74) is 2.85. The summed E-state index contributed by atoms with van der Waals surface area (Å²) in [6, 6.07) is 11.1. The summed E-state index contributed by atoms with van der Waals surface area (Å²) in [7, 11) is 1.33. The lowest BCUT2D eigenvalue weighted by atomic mass is 9.91. The van der Waals surface area contributed by atoms with Gasteiger partial charge in [0.25, 0.3) is 0 Å². The van der Waals surface area contributed by atoms with Gasteiger partial charge in [-0.05, 0) is 49.6 Å². The Hall–Kier alpha value is -2.70. The number of aromatic nitrogens is 3. The Kier molecular flexibility index (Phi) is 7.82. The molecule has 0 aliphatic carbocycles. The Labute approximate surface area is 187 Å². The van der Waals surface area contributed by atoms with E-state index in [9.17, 15) is 9.90 Å². The summed E-state index contributed by atoms with van der Waals surface area (Å²) < 4.78 is 6.94. The molecule has 2 aromatic heterocycles. The van der Waals surface area contributed by atoms with Crippen LogP contribution >= 0.6 is 11.6 Å². The summed E-state index contributed by atoms with van der Waals surface area (Å²) in [5.74, 6) is -0.470. The number of carbonyl (C=O) groups excluding carboxylic acids is 1. The van der Waals surface area contributed by atoms with E-state index in [0.717, 1.165) is 36.3 Å². The number of esters is 1. The van der Waals surface area contributed by atoms with Crippen molar-refractivity contribution in [1.29, 1.82) is 0 Å². The second-order valence-corrected chi connectivity index (χ2v) is 7.93. The van der Waals surface area contributed by atoms with Crippen LogP contribution in [0.1, 0.15) is 48.6 Å². The molecule has 164 valence electrons. The number of unbranched alkanes of at least 4 members (excludes halogenated alkanes) is 1. The lowest BCUT2D eigenvalue weighted by Gasteiger charge is -2.24. The maximum atomic E-state index is 12.7. The predicted octanol–water partition coefficient (Wildman–Crippen LogP) is 4.64. The van der Waals surface area contributed by atoms with E-state index in [0.29, 0.717) is 22.8 Å². The van der Waals surface area contributed by atoms with Crippen molar-refractivity contribution in [1.82, 2.24) is 14.5 Å². The number of benzene rings is 1. The minimum absolute atomic E-state index is 0.313. The van der Waals surface area contributed by atoms with Gasteiger partial charge >= 0.3 is 5.97 Å². The number of aliphatic hydroxyl groups excluding tert-OH is 1. The smallest absolute Gasteiger partial charge is 0.312 e. The van der Waals surface area contributed by atoms with Crippen molar-refractivity contribution in [2.75, 3.05) is 7.11 Å². The summed E-state index contributed by atoms with van der Waals surface area (Å²) in [6.45, 7) is 3.97. The van der Waals surface area contributed by atoms with Crippen LogP contribution in [0.4, 0.5) is 0 Å². The Bertz CT molecular complexity index is 1020. The number of nitrogens with zero attached hydrogens (tertiary/aromatic N) is 3. The Morgan fingerprint density at radius 3 is 2.58 bits per heavy atom. The maximum Gasteiger partial charge on any atom is 0.312 e. The van der Waals surface area contributed by atoms with E-state index >= 15 is 0 Å². The molecule has 31 heavy (non-hydrogen) atoms. The Morgan fingerprint density at radius 2 is 1.94 bits per heavy atom. The molecule has 1 aromatic carbocycles. The third-order valence-electron chi connectivity index (χ3n) is 5.38. The SMILES string of the molecule is CCCCc1nc(C)c(C(O)C(Cc2ccncc2)C(=O)OC)n1-c1ccccc1Cl. The van der Waals surface area contributed by atoms with E-state index in [2.05, 4.69) is 11.9 Å². The average molecular weight is 442 g/mol. The fourth-order valence-electron chi connectivity index (χ4n) is 3.79. The first-order valence-corrected chi connectivity index (χ1v) is 10.8. The van der Waals surface area contributed by atoms with Crippen LogP contribution < -0.4 is 0 Å². The van der Waals surface area contributed by atoms with Gasteiger partial charge in [0.05, 0.1) is 35.1 Å². The van der Waals surface area contributed by atoms with Crippen LogP contribution in [0.15, 0.2) is 48.8 Å². The zero-order chi connectivity index (χ0) is 22.4. The van der Waals surface area contributed by atoms with E-state index < -0.39 is 18.0 Å². The van der Waals surface area contributed by atoms with Crippen LogP contribution in [0.5, 0.6) is 0 Å². The molecule has 0 saturated carbocycles. The average Bonchev–Trinajstić information content (AvgIpc) is 3.11. The first-order chi connectivity index (χ1) is 15.0. The third-order valence-corrected chi connectivity index (χ3v) is 5.70.